The highest BCUT2D eigenvalue weighted by Crippen LogP contribution is 2.12. The number of nitrogens with one attached hydrogen (secondary N) is 2. The van der Waals surface area contributed by atoms with Crippen molar-refractivity contribution in [3.8, 4) is 0 Å². The van der Waals surface area contributed by atoms with Crippen LogP contribution in [0.15, 0.2) is 0 Å². The quantitative estimate of drug-likeness (QED) is 0.446. The van der Waals surface area contributed by atoms with E-state index in [1.165, 1.54) is 0 Å². The molecule has 0 aliphatic heterocycles. The Kier molecular flexibility index (Phi) is 10.4. The van der Waals surface area contributed by atoms with Gasteiger partial charge in [0.25, 0.3) is 0 Å². The summed E-state index contributed by atoms with van der Waals surface area (Å²) in [6.07, 6.45) is 1.79. The van der Waals surface area contributed by atoms with Crippen LogP contribution in [0.1, 0.15) is 60.8 Å². The van der Waals surface area contributed by atoms with Crippen molar-refractivity contribution in [1.29, 1.82) is 0 Å². The Balaban J connectivity index is 5.15. The molecule has 2 amide bonds. The zero-order valence-corrected chi connectivity index (χ0v) is 16.3. The molecular weight excluding hydrogens is 322 g/mol. The van der Waals surface area contributed by atoms with Crippen LogP contribution in [0.2, 0.25) is 0 Å². The summed E-state index contributed by atoms with van der Waals surface area (Å²) < 4.78 is 0. The molecule has 0 radical (unpaired) electrons. The average Bonchev–Trinajstić information content (AvgIpc) is 2.55. The van der Waals surface area contributed by atoms with E-state index in [0.717, 1.165) is 6.42 Å². The number of carbonyl (C=O) groups is 3. The number of hydrogen-bond donors (Lipinski definition) is 4. The first-order valence-corrected chi connectivity index (χ1v) is 9.14. The van der Waals surface area contributed by atoms with Gasteiger partial charge in [-0.15, -0.1) is 0 Å². The highest BCUT2D eigenvalue weighted by molar-refractivity contribution is 5.91. The first-order valence-electron chi connectivity index (χ1n) is 9.14. The summed E-state index contributed by atoms with van der Waals surface area (Å²) in [4.78, 5) is 36.3. The number of carboxylic acid groups (broad SMARTS) is 1. The summed E-state index contributed by atoms with van der Waals surface area (Å²) in [6.45, 7) is 11.3. The summed E-state index contributed by atoms with van der Waals surface area (Å²) in [5, 5.41) is 14.6. The van der Waals surface area contributed by atoms with E-state index >= 15 is 0 Å². The molecule has 0 bridgehead atoms. The fourth-order valence-corrected chi connectivity index (χ4v) is 2.42. The Hall–Kier alpha value is -1.63. The van der Waals surface area contributed by atoms with E-state index < -0.39 is 30.0 Å². The number of carbonyl (C=O) groups excluding carboxylic acids is 2. The molecule has 0 aromatic rings. The zero-order valence-electron chi connectivity index (χ0n) is 16.3. The Morgan fingerprint density at radius 3 is 1.84 bits per heavy atom. The normalized spacial score (nSPS) is 17.3. The van der Waals surface area contributed by atoms with Crippen LogP contribution < -0.4 is 16.4 Å². The highest BCUT2D eigenvalue weighted by atomic mass is 16.4. The molecule has 0 aliphatic rings. The lowest BCUT2D eigenvalue weighted by Crippen LogP contribution is -2.56. The molecule has 0 rings (SSSR count). The molecule has 5 atom stereocenters. The molecule has 0 fully saturated rings. The third kappa shape index (κ3) is 7.86. The molecule has 5 unspecified atom stereocenters. The number of nitrogens with two attached hydrogens (primary N) is 1. The Morgan fingerprint density at radius 2 is 1.44 bits per heavy atom. The molecule has 0 saturated heterocycles. The Bertz CT molecular complexity index is 454. The third-order valence-electron chi connectivity index (χ3n) is 4.68. The van der Waals surface area contributed by atoms with Gasteiger partial charge < -0.3 is 21.5 Å². The van der Waals surface area contributed by atoms with Crippen molar-refractivity contribution in [1.82, 2.24) is 10.6 Å². The van der Waals surface area contributed by atoms with Gasteiger partial charge in [-0.25, -0.2) is 4.79 Å². The van der Waals surface area contributed by atoms with Gasteiger partial charge >= 0.3 is 5.97 Å². The molecule has 7 nitrogen and oxygen atoms in total. The van der Waals surface area contributed by atoms with E-state index in [-0.39, 0.29) is 23.7 Å². The van der Waals surface area contributed by atoms with Crippen molar-refractivity contribution in [2.24, 2.45) is 23.5 Å². The lowest BCUT2D eigenvalue weighted by atomic mass is 9.96. The van der Waals surface area contributed by atoms with Crippen molar-refractivity contribution in [3.63, 3.8) is 0 Å². The van der Waals surface area contributed by atoms with Crippen LogP contribution in [-0.2, 0) is 14.4 Å². The summed E-state index contributed by atoms with van der Waals surface area (Å²) in [5.41, 5.74) is 5.93. The molecular formula is C18H35N3O4. The van der Waals surface area contributed by atoms with E-state index in [0.29, 0.717) is 12.8 Å². The smallest absolute Gasteiger partial charge is 0.326 e. The first kappa shape index (κ1) is 23.4. The number of aliphatic carboxylic acids is 1. The Morgan fingerprint density at radius 1 is 0.920 bits per heavy atom. The fourth-order valence-electron chi connectivity index (χ4n) is 2.42. The van der Waals surface area contributed by atoms with Gasteiger partial charge in [0, 0.05) is 0 Å². The molecule has 0 aromatic heterocycles. The summed E-state index contributed by atoms with van der Waals surface area (Å²) in [6, 6.07) is -2.47. The molecule has 0 saturated carbocycles. The summed E-state index contributed by atoms with van der Waals surface area (Å²) in [5.74, 6) is -2.00. The maximum Gasteiger partial charge on any atom is 0.326 e. The van der Waals surface area contributed by atoms with Crippen LogP contribution in [0, 0.1) is 17.8 Å². The van der Waals surface area contributed by atoms with Gasteiger partial charge in [0.05, 0.1) is 6.04 Å². The fraction of sp³-hybridized carbons (Fsp3) is 0.833. The lowest BCUT2D eigenvalue weighted by molar-refractivity contribution is -0.143. The van der Waals surface area contributed by atoms with Crippen LogP contribution >= 0.6 is 0 Å². The van der Waals surface area contributed by atoms with Crippen molar-refractivity contribution in [3.05, 3.63) is 0 Å². The van der Waals surface area contributed by atoms with E-state index in [1.807, 2.05) is 34.6 Å². The van der Waals surface area contributed by atoms with E-state index in [4.69, 9.17) is 5.73 Å². The molecule has 0 aromatic carbocycles. The zero-order chi connectivity index (χ0) is 19.7. The molecule has 7 heteroatoms. The van der Waals surface area contributed by atoms with Crippen molar-refractivity contribution >= 4 is 17.8 Å². The molecule has 5 N–H and O–H groups in total. The topological polar surface area (TPSA) is 122 Å². The summed E-state index contributed by atoms with van der Waals surface area (Å²) >= 11 is 0. The van der Waals surface area contributed by atoms with Crippen LogP contribution in [0.5, 0.6) is 0 Å². The highest BCUT2D eigenvalue weighted by Gasteiger charge is 2.31. The van der Waals surface area contributed by atoms with Gasteiger partial charge in [-0.2, -0.15) is 0 Å². The predicted octanol–water partition coefficient (Wildman–Crippen LogP) is 1.51. The van der Waals surface area contributed by atoms with Crippen LogP contribution in [0.25, 0.3) is 0 Å². The van der Waals surface area contributed by atoms with E-state index in [2.05, 4.69) is 10.6 Å². The maximum absolute atomic E-state index is 12.6. The SMILES string of the molecule is CCC(C)C(N)C(=O)NC(CC(C)C)C(=O)NC(C(=O)O)C(C)CC. The second-order valence-corrected chi connectivity index (χ2v) is 7.31. The van der Waals surface area contributed by atoms with Gasteiger partial charge in [0.2, 0.25) is 11.8 Å². The first-order chi connectivity index (χ1) is 11.5. The lowest BCUT2D eigenvalue weighted by Gasteiger charge is -2.27. The van der Waals surface area contributed by atoms with Crippen molar-refractivity contribution in [2.45, 2.75) is 78.9 Å². The molecule has 0 aliphatic carbocycles. The standard InChI is InChI=1S/C18H35N3O4/c1-7-11(5)14(19)17(23)20-13(9-10(3)4)16(22)21-15(18(24)25)12(6)8-2/h10-15H,7-9,19H2,1-6H3,(H,20,23)(H,21,22)(H,24,25). The van der Waals surface area contributed by atoms with Crippen molar-refractivity contribution < 1.29 is 19.5 Å². The molecule has 0 heterocycles. The molecule has 25 heavy (non-hydrogen) atoms. The van der Waals surface area contributed by atoms with Crippen LogP contribution in [0.4, 0.5) is 0 Å². The number of rotatable bonds is 11. The Labute approximate surface area is 151 Å². The molecule has 146 valence electrons. The van der Waals surface area contributed by atoms with Crippen LogP contribution in [0.3, 0.4) is 0 Å². The second-order valence-electron chi connectivity index (χ2n) is 7.31. The second kappa shape index (κ2) is 11.1. The third-order valence-corrected chi connectivity index (χ3v) is 4.68. The van der Waals surface area contributed by atoms with Crippen LogP contribution in [-0.4, -0.2) is 41.0 Å². The minimum absolute atomic E-state index is 0.00496. The monoisotopic (exact) mass is 357 g/mol. The largest absolute Gasteiger partial charge is 0.480 e. The predicted molar refractivity (Wildman–Crippen MR) is 97.8 cm³/mol. The maximum atomic E-state index is 12.6. The number of carboxylic acids is 1. The summed E-state index contributed by atoms with van der Waals surface area (Å²) in [7, 11) is 0. The number of hydrogen-bond acceptors (Lipinski definition) is 4. The van der Waals surface area contributed by atoms with Gasteiger partial charge in [0.15, 0.2) is 0 Å². The van der Waals surface area contributed by atoms with Crippen molar-refractivity contribution in [2.75, 3.05) is 0 Å². The molecule has 0 spiro atoms. The van der Waals surface area contributed by atoms with Gasteiger partial charge in [-0.1, -0.05) is 54.4 Å². The van der Waals surface area contributed by atoms with Gasteiger partial charge in [-0.3, -0.25) is 9.59 Å². The minimum Gasteiger partial charge on any atom is -0.480 e. The van der Waals surface area contributed by atoms with Gasteiger partial charge in [0.1, 0.15) is 12.1 Å². The van der Waals surface area contributed by atoms with E-state index in [9.17, 15) is 19.5 Å². The minimum atomic E-state index is -1.08. The number of amides is 2. The van der Waals surface area contributed by atoms with E-state index in [1.54, 1.807) is 6.92 Å². The van der Waals surface area contributed by atoms with Gasteiger partial charge in [-0.05, 0) is 24.2 Å². The average molecular weight is 357 g/mol.